The molecule has 0 aliphatic heterocycles. The van der Waals surface area contributed by atoms with Gasteiger partial charge in [0.2, 0.25) is 6.41 Å². The number of rotatable bonds is 11. The van der Waals surface area contributed by atoms with E-state index in [1.165, 1.54) is 12.1 Å². The van der Waals surface area contributed by atoms with Crippen LogP contribution < -0.4 is 0 Å². The van der Waals surface area contributed by atoms with E-state index in [1.807, 2.05) is 37.3 Å². The molecule has 36 heavy (non-hydrogen) atoms. The summed E-state index contributed by atoms with van der Waals surface area (Å²) in [5.41, 5.74) is 1.31. The number of nitrogens with zero attached hydrogens (tertiary/aromatic N) is 2. The van der Waals surface area contributed by atoms with Gasteiger partial charge in [0.25, 0.3) is 5.69 Å². The first-order valence-electron chi connectivity index (χ1n) is 11.5. The van der Waals surface area contributed by atoms with Crippen LogP contribution in [0, 0.1) is 22.5 Å². The summed E-state index contributed by atoms with van der Waals surface area (Å²) >= 11 is 9.77. The molecular weight excluding hydrogens is 548 g/mol. The number of hydrogen-bond donors (Lipinski definition) is 1. The van der Waals surface area contributed by atoms with Crippen molar-refractivity contribution in [2.75, 3.05) is 13.2 Å². The molecular formula is C27H26BrClN2O5. The molecule has 1 amide bonds. The molecule has 4 rings (SSSR count). The average Bonchev–Trinajstić information content (AvgIpc) is 3.67. The molecule has 0 saturated heterocycles. The standard InChI is InChI=1S/C27H26BrClN2O5/c1-19-2-7-22(28)14-25(19)27(21-5-8-23(29)9-6-21,36-17-26(16-32)12-13-26)30(18-33)15-20-3-10-24(11-4-20)31(34)35/h2-11,14,18,32H,12-13,15-17H2,1H3. The molecule has 3 aromatic carbocycles. The summed E-state index contributed by atoms with van der Waals surface area (Å²) < 4.78 is 7.56. The zero-order valence-corrected chi connectivity index (χ0v) is 22.0. The van der Waals surface area contributed by atoms with Crippen molar-refractivity contribution in [2.24, 2.45) is 5.41 Å². The zero-order chi connectivity index (χ0) is 25.9. The fraction of sp³-hybridized carbons (Fsp3) is 0.296. The summed E-state index contributed by atoms with van der Waals surface area (Å²) in [7, 11) is 0. The Balaban J connectivity index is 1.88. The summed E-state index contributed by atoms with van der Waals surface area (Å²) in [5, 5.41) is 21.6. The van der Waals surface area contributed by atoms with Crippen molar-refractivity contribution in [2.45, 2.75) is 32.0 Å². The van der Waals surface area contributed by atoms with Gasteiger partial charge >= 0.3 is 0 Å². The van der Waals surface area contributed by atoms with Crippen molar-refractivity contribution < 1.29 is 19.6 Å². The van der Waals surface area contributed by atoms with Gasteiger partial charge in [-0.15, -0.1) is 0 Å². The van der Waals surface area contributed by atoms with Crippen molar-refractivity contribution in [3.63, 3.8) is 0 Å². The van der Waals surface area contributed by atoms with Crippen LogP contribution in [0.2, 0.25) is 5.02 Å². The van der Waals surface area contributed by atoms with Crippen LogP contribution >= 0.6 is 27.5 Å². The van der Waals surface area contributed by atoms with Gasteiger partial charge in [-0.3, -0.25) is 14.9 Å². The highest BCUT2D eigenvalue weighted by Crippen LogP contribution is 2.49. The number of non-ortho nitro benzene ring substituents is 1. The Morgan fingerprint density at radius 3 is 2.39 bits per heavy atom. The normalized spacial score (nSPS) is 15.7. The zero-order valence-electron chi connectivity index (χ0n) is 19.7. The van der Waals surface area contributed by atoms with Gasteiger partial charge in [-0.2, -0.15) is 0 Å². The third-order valence-corrected chi connectivity index (χ3v) is 7.46. The van der Waals surface area contributed by atoms with E-state index in [0.717, 1.165) is 34.9 Å². The Bertz CT molecular complexity index is 1250. The van der Waals surface area contributed by atoms with Crippen LogP contribution in [0.5, 0.6) is 0 Å². The van der Waals surface area contributed by atoms with Crippen LogP contribution in [0.15, 0.2) is 71.2 Å². The van der Waals surface area contributed by atoms with E-state index in [2.05, 4.69) is 15.9 Å². The molecule has 1 saturated carbocycles. The smallest absolute Gasteiger partial charge is 0.269 e. The monoisotopic (exact) mass is 572 g/mol. The number of amides is 1. The number of nitro benzene ring substituents is 1. The fourth-order valence-electron chi connectivity index (χ4n) is 4.28. The van der Waals surface area contributed by atoms with Gasteiger partial charge in [0.05, 0.1) is 18.1 Å². The van der Waals surface area contributed by atoms with Crippen molar-refractivity contribution in [3.8, 4) is 0 Å². The third-order valence-electron chi connectivity index (χ3n) is 6.71. The number of hydrogen-bond acceptors (Lipinski definition) is 5. The molecule has 0 bridgehead atoms. The van der Waals surface area contributed by atoms with E-state index >= 15 is 0 Å². The Morgan fingerprint density at radius 1 is 1.17 bits per heavy atom. The number of carbonyl (C=O) groups excluding carboxylic acids is 1. The minimum absolute atomic E-state index is 0.00932. The number of aryl methyl sites for hydroxylation is 1. The lowest BCUT2D eigenvalue weighted by molar-refractivity contribution is -0.384. The van der Waals surface area contributed by atoms with Gasteiger partial charge in [-0.25, -0.2) is 0 Å². The van der Waals surface area contributed by atoms with Crippen LogP contribution in [0.1, 0.15) is 35.1 Å². The maximum Gasteiger partial charge on any atom is 0.269 e. The molecule has 1 fully saturated rings. The first kappa shape index (κ1) is 26.3. The Labute approximate surface area is 222 Å². The predicted octanol–water partition coefficient (Wildman–Crippen LogP) is 5.97. The second-order valence-corrected chi connectivity index (χ2v) is 10.6. The van der Waals surface area contributed by atoms with Gasteiger partial charge in [-0.05, 0) is 55.2 Å². The number of aliphatic hydroxyl groups is 1. The number of aliphatic hydroxyl groups excluding tert-OH is 1. The fourth-order valence-corrected chi connectivity index (χ4v) is 4.77. The summed E-state index contributed by atoms with van der Waals surface area (Å²) in [6.45, 7) is 2.30. The summed E-state index contributed by atoms with van der Waals surface area (Å²) in [4.78, 5) is 25.0. The molecule has 0 spiro atoms. The molecule has 1 aliphatic carbocycles. The van der Waals surface area contributed by atoms with Gasteiger partial charge in [-0.1, -0.05) is 57.9 Å². The average molecular weight is 574 g/mol. The Hall–Kier alpha value is -2.78. The highest BCUT2D eigenvalue weighted by Gasteiger charge is 2.48. The highest BCUT2D eigenvalue weighted by atomic mass is 79.9. The number of benzene rings is 3. The van der Waals surface area contributed by atoms with Crippen LogP contribution in [-0.2, 0) is 21.8 Å². The second-order valence-electron chi connectivity index (χ2n) is 9.21. The molecule has 3 aromatic rings. The van der Waals surface area contributed by atoms with E-state index in [1.54, 1.807) is 29.2 Å². The molecule has 9 heteroatoms. The second kappa shape index (κ2) is 10.7. The lowest BCUT2D eigenvalue weighted by Crippen LogP contribution is -2.49. The molecule has 0 heterocycles. The predicted molar refractivity (Wildman–Crippen MR) is 141 cm³/mol. The quantitative estimate of drug-likeness (QED) is 0.132. The van der Waals surface area contributed by atoms with Crippen molar-refractivity contribution >= 4 is 39.6 Å². The number of nitro groups is 1. The SMILES string of the molecule is Cc1ccc(Br)cc1C(OCC1(CO)CC1)(c1ccc(Cl)cc1)N(C=O)Cc1ccc([N+](=O)[O-])cc1. The Kier molecular flexibility index (Phi) is 7.80. The van der Waals surface area contributed by atoms with Gasteiger partial charge in [0.1, 0.15) is 0 Å². The van der Waals surface area contributed by atoms with E-state index < -0.39 is 10.6 Å². The van der Waals surface area contributed by atoms with E-state index in [4.69, 9.17) is 16.3 Å². The Morgan fingerprint density at radius 2 is 1.83 bits per heavy atom. The molecule has 1 N–H and O–H groups in total. The van der Waals surface area contributed by atoms with Crippen LogP contribution in [0.3, 0.4) is 0 Å². The van der Waals surface area contributed by atoms with Crippen LogP contribution in [0.25, 0.3) is 0 Å². The molecule has 1 atom stereocenters. The first-order valence-corrected chi connectivity index (χ1v) is 12.6. The molecule has 0 radical (unpaired) electrons. The largest absolute Gasteiger partial charge is 0.396 e. The summed E-state index contributed by atoms with van der Waals surface area (Å²) in [6, 6.07) is 19.0. The maximum atomic E-state index is 12.8. The van der Waals surface area contributed by atoms with Crippen molar-refractivity contribution in [3.05, 3.63) is 109 Å². The maximum absolute atomic E-state index is 12.8. The number of carbonyl (C=O) groups is 1. The molecule has 188 valence electrons. The topological polar surface area (TPSA) is 92.9 Å². The lowest BCUT2D eigenvalue weighted by Gasteiger charge is -2.44. The van der Waals surface area contributed by atoms with E-state index in [9.17, 15) is 20.0 Å². The van der Waals surface area contributed by atoms with Crippen molar-refractivity contribution in [1.82, 2.24) is 4.90 Å². The molecule has 1 unspecified atom stereocenters. The van der Waals surface area contributed by atoms with Gasteiger partial charge in [0, 0.05) is 44.7 Å². The lowest BCUT2D eigenvalue weighted by atomic mass is 9.88. The van der Waals surface area contributed by atoms with E-state index in [-0.39, 0.29) is 30.9 Å². The van der Waals surface area contributed by atoms with Crippen LogP contribution in [-0.4, -0.2) is 34.6 Å². The van der Waals surface area contributed by atoms with E-state index in [0.29, 0.717) is 16.1 Å². The number of ether oxygens (including phenoxy) is 1. The minimum atomic E-state index is -1.35. The van der Waals surface area contributed by atoms with Gasteiger partial charge in [0.15, 0.2) is 5.72 Å². The molecule has 0 aromatic heterocycles. The summed E-state index contributed by atoms with van der Waals surface area (Å²) in [5.74, 6) is 0. The van der Waals surface area contributed by atoms with Crippen molar-refractivity contribution in [1.29, 1.82) is 0 Å². The van der Waals surface area contributed by atoms with Gasteiger partial charge < -0.3 is 14.7 Å². The first-order chi connectivity index (χ1) is 17.2. The minimum Gasteiger partial charge on any atom is -0.396 e. The third kappa shape index (κ3) is 5.32. The summed E-state index contributed by atoms with van der Waals surface area (Å²) in [6.07, 6.45) is 2.40. The number of halogens is 2. The van der Waals surface area contributed by atoms with Crippen LogP contribution in [0.4, 0.5) is 5.69 Å². The molecule has 1 aliphatic rings. The highest BCUT2D eigenvalue weighted by molar-refractivity contribution is 9.10. The molecule has 7 nitrogen and oxygen atoms in total.